The third-order valence-electron chi connectivity index (χ3n) is 4.57. The fourth-order valence-corrected chi connectivity index (χ4v) is 3.43. The number of benzene rings is 3. The summed E-state index contributed by atoms with van der Waals surface area (Å²) in [5.74, 6) is 0.576. The van der Waals surface area contributed by atoms with Crippen LogP contribution in [0.1, 0.15) is 0 Å². The van der Waals surface area contributed by atoms with Gasteiger partial charge >= 0.3 is 0 Å². The van der Waals surface area contributed by atoms with Gasteiger partial charge in [0.25, 0.3) is 5.69 Å². The van der Waals surface area contributed by atoms with Crippen molar-refractivity contribution in [1.29, 1.82) is 0 Å². The first kappa shape index (κ1) is 17.3. The van der Waals surface area contributed by atoms with Gasteiger partial charge in [-0.05, 0) is 42.5 Å². The van der Waals surface area contributed by atoms with Gasteiger partial charge in [0.1, 0.15) is 5.82 Å². The Kier molecular flexibility index (Phi) is 3.96. The van der Waals surface area contributed by atoms with Crippen LogP contribution in [0.2, 0.25) is 5.02 Å². The smallest absolute Gasteiger partial charge is 0.269 e. The summed E-state index contributed by atoms with van der Waals surface area (Å²) in [6, 6.07) is 21.2. The largest absolute Gasteiger partial charge is 0.275 e. The second-order valence-electron chi connectivity index (χ2n) is 6.41. The number of nitrogens with zero attached hydrogens (tertiary/aromatic N) is 5. The van der Waals surface area contributed by atoms with Crippen molar-refractivity contribution < 1.29 is 4.92 Å². The van der Waals surface area contributed by atoms with Gasteiger partial charge in [0.2, 0.25) is 0 Å². The van der Waals surface area contributed by atoms with E-state index in [1.165, 1.54) is 12.1 Å². The highest BCUT2D eigenvalue weighted by atomic mass is 35.5. The molecule has 5 rings (SSSR count). The summed E-state index contributed by atoms with van der Waals surface area (Å²) in [7, 11) is 0. The minimum Gasteiger partial charge on any atom is -0.275 e. The molecule has 8 heteroatoms. The lowest BCUT2D eigenvalue weighted by molar-refractivity contribution is -0.384. The molecule has 140 valence electrons. The Hall–Kier alpha value is -3.84. The topological polar surface area (TPSA) is 86.7 Å². The van der Waals surface area contributed by atoms with Crippen LogP contribution in [-0.4, -0.2) is 24.4 Å². The third-order valence-corrected chi connectivity index (χ3v) is 4.81. The Morgan fingerprint density at radius 3 is 2.28 bits per heavy atom. The molecule has 0 N–H and O–H groups in total. The Balaban J connectivity index is 1.83. The Morgan fingerprint density at radius 1 is 0.862 bits per heavy atom. The zero-order valence-electron chi connectivity index (χ0n) is 14.9. The number of nitro groups is 1. The lowest BCUT2D eigenvalue weighted by Crippen LogP contribution is -1.99. The van der Waals surface area contributed by atoms with Gasteiger partial charge in [0.15, 0.2) is 11.3 Å². The fourth-order valence-electron chi connectivity index (χ4n) is 3.24. The van der Waals surface area contributed by atoms with Crippen molar-refractivity contribution in [2.45, 2.75) is 0 Å². The van der Waals surface area contributed by atoms with E-state index in [-0.39, 0.29) is 5.69 Å². The quantitative estimate of drug-likeness (QED) is 0.306. The maximum absolute atomic E-state index is 11.0. The molecule has 0 unspecified atom stereocenters. The van der Waals surface area contributed by atoms with Crippen LogP contribution < -0.4 is 0 Å². The first-order valence-corrected chi connectivity index (χ1v) is 9.14. The highest BCUT2D eigenvalue weighted by Gasteiger charge is 2.18. The van der Waals surface area contributed by atoms with E-state index in [9.17, 15) is 10.1 Å². The van der Waals surface area contributed by atoms with Gasteiger partial charge in [0, 0.05) is 22.7 Å². The lowest BCUT2D eigenvalue weighted by Gasteiger charge is -2.09. The van der Waals surface area contributed by atoms with Crippen LogP contribution in [-0.2, 0) is 0 Å². The number of hydrogen-bond donors (Lipinski definition) is 0. The van der Waals surface area contributed by atoms with Gasteiger partial charge < -0.3 is 0 Å². The number of aromatic nitrogens is 4. The first-order chi connectivity index (χ1) is 14.1. The van der Waals surface area contributed by atoms with E-state index in [1.54, 1.807) is 18.2 Å². The molecule has 2 heterocycles. The van der Waals surface area contributed by atoms with Gasteiger partial charge in [-0.2, -0.15) is 0 Å². The summed E-state index contributed by atoms with van der Waals surface area (Å²) in [5.41, 5.74) is 4.05. The van der Waals surface area contributed by atoms with Crippen LogP contribution in [0.25, 0.3) is 39.4 Å². The average molecular weight is 402 g/mol. The highest BCUT2D eigenvalue weighted by molar-refractivity contribution is 6.30. The number of hydrogen-bond acceptors (Lipinski definition) is 5. The summed E-state index contributed by atoms with van der Waals surface area (Å²) in [6.45, 7) is 0. The van der Waals surface area contributed by atoms with Crippen molar-refractivity contribution >= 4 is 39.6 Å². The van der Waals surface area contributed by atoms with Gasteiger partial charge in [-0.25, -0.2) is 15.0 Å². The number of nitro benzene ring substituents is 1. The molecule has 0 aliphatic heterocycles. The minimum atomic E-state index is -0.431. The van der Waals surface area contributed by atoms with Crippen LogP contribution >= 0.6 is 11.6 Å². The van der Waals surface area contributed by atoms with Crippen molar-refractivity contribution in [3.63, 3.8) is 0 Å². The van der Waals surface area contributed by atoms with E-state index in [4.69, 9.17) is 21.6 Å². The highest BCUT2D eigenvalue weighted by Crippen LogP contribution is 2.30. The molecule has 0 saturated heterocycles. The average Bonchev–Trinajstić information content (AvgIpc) is 3.10. The first-order valence-electron chi connectivity index (χ1n) is 8.76. The van der Waals surface area contributed by atoms with Gasteiger partial charge in [-0.1, -0.05) is 29.8 Å². The molecular weight excluding hydrogens is 390 g/mol. The number of non-ortho nitro benzene ring substituents is 1. The van der Waals surface area contributed by atoms with E-state index in [2.05, 4.69) is 4.98 Å². The Bertz CT molecular complexity index is 1400. The second-order valence-corrected chi connectivity index (χ2v) is 6.85. The standard InChI is InChI=1S/C21H12ClN5O2/c22-14-4-3-5-16(12-14)26-20(13-8-10-15(11-9-13)27(28)29)25-19-21(26)24-18-7-2-1-6-17(18)23-19/h1-12H. The number of imidazole rings is 1. The minimum absolute atomic E-state index is 0.0150. The summed E-state index contributed by atoms with van der Waals surface area (Å²) in [4.78, 5) is 24.7. The molecule has 0 saturated carbocycles. The molecule has 29 heavy (non-hydrogen) atoms. The maximum atomic E-state index is 11.0. The molecule has 0 amide bonds. The fraction of sp³-hybridized carbons (Fsp3) is 0. The zero-order valence-corrected chi connectivity index (χ0v) is 15.6. The normalized spacial score (nSPS) is 11.2. The molecule has 0 aliphatic carbocycles. The lowest BCUT2D eigenvalue weighted by atomic mass is 10.2. The molecule has 7 nitrogen and oxygen atoms in total. The van der Waals surface area contributed by atoms with Crippen molar-refractivity contribution in [3.05, 3.63) is 87.9 Å². The maximum Gasteiger partial charge on any atom is 0.269 e. The molecule has 0 spiro atoms. The summed E-state index contributed by atoms with van der Waals surface area (Å²) in [5, 5.41) is 11.6. The Morgan fingerprint density at radius 2 is 1.59 bits per heavy atom. The van der Waals surface area contributed by atoms with E-state index in [0.29, 0.717) is 27.7 Å². The van der Waals surface area contributed by atoms with Crippen LogP contribution in [0, 0.1) is 10.1 Å². The molecule has 0 aliphatic rings. The number of para-hydroxylation sites is 2. The van der Waals surface area contributed by atoms with Gasteiger partial charge in [0.05, 0.1) is 21.6 Å². The molecule has 2 aromatic heterocycles. The van der Waals surface area contributed by atoms with E-state index >= 15 is 0 Å². The molecule has 0 radical (unpaired) electrons. The molecule has 0 atom stereocenters. The molecule has 5 aromatic rings. The predicted molar refractivity (Wildman–Crippen MR) is 111 cm³/mol. The monoisotopic (exact) mass is 401 g/mol. The van der Waals surface area contributed by atoms with Crippen molar-refractivity contribution in [2.24, 2.45) is 0 Å². The second kappa shape index (κ2) is 6.65. The summed E-state index contributed by atoms with van der Waals surface area (Å²) in [6.07, 6.45) is 0. The zero-order chi connectivity index (χ0) is 20.0. The molecular formula is C21H12ClN5O2. The van der Waals surface area contributed by atoms with Gasteiger partial charge in [-0.3, -0.25) is 14.7 Å². The van der Waals surface area contributed by atoms with E-state index in [0.717, 1.165) is 16.7 Å². The SMILES string of the molecule is O=[N+]([O-])c1ccc(-c2nc3nc4ccccc4nc3n2-c2cccc(Cl)c2)cc1. The van der Waals surface area contributed by atoms with Crippen molar-refractivity contribution in [1.82, 2.24) is 19.5 Å². The van der Waals surface area contributed by atoms with Crippen molar-refractivity contribution in [3.8, 4) is 17.1 Å². The van der Waals surface area contributed by atoms with Crippen LogP contribution in [0.4, 0.5) is 5.69 Å². The van der Waals surface area contributed by atoms with E-state index in [1.807, 2.05) is 47.0 Å². The molecule has 0 bridgehead atoms. The van der Waals surface area contributed by atoms with Crippen LogP contribution in [0.15, 0.2) is 72.8 Å². The van der Waals surface area contributed by atoms with Crippen LogP contribution in [0.5, 0.6) is 0 Å². The third kappa shape index (κ3) is 2.97. The van der Waals surface area contributed by atoms with Crippen LogP contribution in [0.3, 0.4) is 0 Å². The predicted octanol–water partition coefficient (Wildman–Crippen LogP) is 5.20. The summed E-state index contributed by atoms with van der Waals surface area (Å²) >= 11 is 6.22. The van der Waals surface area contributed by atoms with E-state index < -0.39 is 4.92 Å². The number of halogens is 1. The Labute approximate surface area is 169 Å². The van der Waals surface area contributed by atoms with Gasteiger partial charge in [-0.15, -0.1) is 0 Å². The number of rotatable bonds is 3. The van der Waals surface area contributed by atoms with Crippen molar-refractivity contribution in [2.75, 3.05) is 0 Å². The summed E-state index contributed by atoms with van der Waals surface area (Å²) < 4.78 is 1.86. The number of fused-ring (bicyclic) bond motifs is 2. The molecule has 0 fully saturated rings. The molecule has 3 aromatic carbocycles.